The third kappa shape index (κ3) is 5.60. The van der Waals surface area contributed by atoms with E-state index in [0.29, 0.717) is 5.75 Å². The van der Waals surface area contributed by atoms with E-state index in [2.05, 4.69) is 81.5 Å². The molecule has 1 nitrogen and oxygen atoms in total. The van der Waals surface area contributed by atoms with Gasteiger partial charge < -0.3 is 5.11 Å². The van der Waals surface area contributed by atoms with Gasteiger partial charge in [-0.1, -0.05) is 92.2 Å². The first-order chi connectivity index (χ1) is 13.5. The summed E-state index contributed by atoms with van der Waals surface area (Å²) in [4.78, 5) is 0. The van der Waals surface area contributed by atoms with Crippen molar-refractivity contribution in [2.75, 3.05) is 0 Å². The quantitative estimate of drug-likeness (QED) is 0.459. The highest BCUT2D eigenvalue weighted by atomic mass is 16.3. The minimum Gasteiger partial charge on any atom is -0.508 e. The number of benzene rings is 3. The molecule has 0 saturated heterocycles. The van der Waals surface area contributed by atoms with Gasteiger partial charge in [-0.15, -0.1) is 0 Å². The highest BCUT2D eigenvalue weighted by molar-refractivity contribution is 5.70. The van der Waals surface area contributed by atoms with Crippen LogP contribution in [0.2, 0.25) is 0 Å². The molecule has 2 atom stereocenters. The highest BCUT2D eigenvalue weighted by Gasteiger charge is 2.06. The molecule has 3 aromatic rings. The molecule has 3 aromatic carbocycles. The lowest BCUT2D eigenvalue weighted by molar-refractivity contribution is 0.475. The van der Waals surface area contributed by atoms with E-state index in [1.807, 2.05) is 12.1 Å². The van der Waals surface area contributed by atoms with E-state index in [1.54, 1.807) is 12.1 Å². The first kappa shape index (κ1) is 19.9. The van der Waals surface area contributed by atoms with Crippen LogP contribution in [-0.4, -0.2) is 5.11 Å². The van der Waals surface area contributed by atoms with Gasteiger partial charge in [-0.05, 0) is 66.0 Å². The first-order valence-electron chi connectivity index (χ1n) is 10.2. The van der Waals surface area contributed by atoms with Crippen LogP contribution in [0.15, 0.2) is 84.9 Å². The van der Waals surface area contributed by atoms with Crippen molar-refractivity contribution < 1.29 is 5.11 Å². The largest absolute Gasteiger partial charge is 0.508 e. The van der Waals surface area contributed by atoms with E-state index < -0.39 is 0 Å². The molecule has 0 saturated carbocycles. The molecule has 0 bridgehead atoms. The van der Waals surface area contributed by atoms with Gasteiger partial charge in [-0.25, -0.2) is 0 Å². The number of rotatable bonds is 2. The average Bonchev–Trinajstić information content (AvgIpc) is 2.72. The van der Waals surface area contributed by atoms with Crippen LogP contribution < -0.4 is 0 Å². The Morgan fingerprint density at radius 1 is 0.571 bits per heavy atom. The Kier molecular flexibility index (Phi) is 6.71. The molecule has 0 aliphatic heterocycles. The Balaban J connectivity index is 0.000000236. The van der Waals surface area contributed by atoms with Crippen LogP contribution in [0.25, 0.3) is 22.3 Å². The lowest BCUT2D eigenvalue weighted by atomic mass is 9.91. The zero-order valence-corrected chi connectivity index (χ0v) is 17.1. The highest BCUT2D eigenvalue weighted by Crippen LogP contribution is 2.26. The second-order valence-corrected chi connectivity index (χ2v) is 7.91. The molecule has 0 amide bonds. The molecule has 4 rings (SSSR count). The minimum absolute atomic E-state index is 0.296. The molecule has 0 heterocycles. The van der Waals surface area contributed by atoms with Crippen LogP contribution in [0, 0.1) is 18.8 Å². The van der Waals surface area contributed by atoms with Gasteiger partial charge in [-0.3, -0.25) is 0 Å². The summed E-state index contributed by atoms with van der Waals surface area (Å²) in [6.45, 7) is 6.66. The molecule has 1 heteroatoms. The number of allylic oxidation sites excluding steroid dienone is 2. The van der Waals surface area contributed by atoms with Crippen LogP contribution in [0.1, 0.15) is 32.3 Å². The molecule has 0 fully saturated rings. The first-order valence-corrected chi connectivity index (χ1v) is 10.2. The van der Waals surface area contributed by atoms with Crippen molar-refractivity contribution in [2.45, 2.75) is 33.6 Å². The van der Waals surface area contributed by atoms with Crippen molar-refractivity contribution in [3.05, 3.63) is 90.5 Å². The van der Waals surface area contributed by atoms with Crippen LogP contribution >= 0.6 is 0 Å². The maximum atomic E-state index is 9.32. The van der Waals surface area contributed by atoms with Gasteiger partial charge in [0.1, 0.15) is 5.75 Å². The van der Waals surface area contributed by atoms with Crippen molar-refractivity contribution >= 4 is 0 Å². The Hall–Kier alpha value is -2.80. The molecule has 1 aliphatic rings. The van der Waals surface area contributed by atoms with Crippen molar-refractivity contribution in [1.29, 1.82) is 0 Å². The van der Waals surface area contributed by atoms with Gasteiger partial charge in [-0.2, -0.15) is 0 Å². The smallest absolute Gasteiger partial charge is 0.115 e. The lowest BCUT2D eigenvalue weighted by Gasteiger charge is -2.15. The fraction of sp³-hybridized carbons (Fsp3) is 0.259. The number of aromatic hydroxyl groups is 1. The average molecular weight is 371 g/mol. The summed E-state index contributed by atoms with van der Waals surface area (Å²) in [7, 11) is 0. The van der Waals surface area contributed by atoms with Crippen molar-refractivity contribution in [1.82, 2.24) is 0 Å². The van der Waals surface area contributed by atoms with Crippen molar-refractivity contribution in [3.63, 3.8) is 0 Å². The van der Waals surface area contributed by atoms with Crippen molar-refractivity contribution in [2.24, 2.45) is 11.8 Å². The number of hydrogen-bond donors (Lipinski definition) is 1. The lowest BCUT2D eigenvalue weighted by Crippen LogP contribution is -2.01. The summed E-state index contributed by atoms with van der Waals surface area (Å²) in [5, 5.41) is 9.32. The zero-order valence-electron chi connectivity index (χ0n) is 17.1. The van der Waals surface area contributed by atoms with Gasteiger partial charge >= 0.3 is 0 Å². The van der Waals surface area contributed by atoms with E-state index in [4.69, 9.17) is 0 Å². The third-order valence-electron chi connectivity index (χ3n) is 5.32. The maximum absolute atomic E-state index is 9.32. The van der Waals surface area contributed by atoms with Crippen LogP contribution in [-0.2, 0) is 0 Å². The molecule has 0 aromatic heterocycles. The minimum atomic E-state index is 0.296. The summed E-state index contributed by atoms with van der Waals surface area (Å²) < 4.78 is 0. The summed E-state index contributed by atoms with van der Waals surface area (Å²) >= 11 is 0. The van der Waals surface area contributed by atoms with Gasteiger partial charge in [0.15, 0.2) is 0 Å². The Morgan fingerprint density at radius 2 is 0.893 bits per heavy atom. The Bertz CT molecular complexity index is 810. The van der Waals surface area contributed by atoms with Crippen LogP contribution in [0.3, 0.4) is 0 Å². The second kappa shape index (κ2) is 9.41. The Morgan fingerprint density at radius 3 is 1.25 bits per heavy atom. The van der Waals surface area contributed by atoms with Crippen LogP contribution in [0.4, 0.5) is 0 Å². The zero-order chi connectivity index (χ0) is 19.9. The van der Waals surface area contributed by atoms with Gasteiger partial charge in [0, 0.05) is 0 Å². The molecule has 0 radical (unpaired) electrons. The van der Waals surface area contributed by atoms with E-state index in [1.165, 1.54) is 29.5 Å². The number of phenols is 1. The van der Waals surface area contributed by atoms with Gasteiger partial charge in [0.05, 0.1) is 0 Å². The maximum Gasteiger partial charge on any atom is 0.115 e. The third-order valence-corrected chi connectivity index (χ3v) is 5.32. The SMILES string of the molecule is CC1C=CC(C)CC1.Cc1ccc(-c2ccc(-c3ccc(O)cc3)cc2)cc1. The summed E-state index contributed by atoms with van der Waals surface area (Å²) in [6, 6.07) is 24.3. The topological polar surface area (TPSA) is 20.2 Å². The molecular weight excluding hydrogens is 340 g/mol. The van der Waals surface area contributed by atoms with E-state index in [0.717, 1.165) is 23.0 Å². The molecular formula is C27H30O. The number of hydrogen-bond acceptors (Lipinski definition) is 1. The molecule has 1 N–H and O–H groups in total. The second-order valence-electron chi connectivity index (χ2n) is 7.91. The molecule has 0 spiro atoms. The van der Waals surface area contributed by atoms with E-state index in [9.17, 15) is 5.11 Å². The predicted octanol–water partition coefficient (Wildman–Crippen LogP) is 7.64. The Labute approximate surface area is 169 Å². The fourth-order valence-corrected chi connectivity index (χ4v) is 3.35. The fourth-order valence-electron chi connectivity index (χ4n) is 3.35. The van der Waals surface area contributed by atoms with Gasteiger partial charge in [0.25, 0.3) is 0 Å². The van der Waals surface area contributed by atoms with Crippen molar-refractivity contribution in [3.8, 4) is 28.0 Å². The monoisotopic (exact) mass is 370 g/mol. The van der Waals surface area contributed by atoms with E-state index >= 15 is 0 Å². The van der Waals surface area contributed by atoms with E-state index in [-0.39, 0.29) is 0 Å². The van der Waals surface area contributed by atoms with Gasteiger partial charge in [0.2, 0.25) is 0 Å². The standard InChI is InChI=1S/C19H16O.C8H14/c1-14-2-4-15(5-3-14)16-6-8-17(9-7-16)18-10-12-19(20)13-11-18;1-7-3-5-8(2)6-4-7/h2-13,20H,1H3;3,5,7-8H,4,6H2,1-2H3. The molecule has 144 valence electrons. The number of aryl methyl sites for hydroxylation is 1. The summed E-state index contributed by atoms with van der Waals surface area (Å²) in [5.41, 5.74) is 5.98. The normalized spacial score (nSPS) is 18.2. The predicted molar refractivity (Wildman–Crippen MR) is 120 cm³/mol. The number of phenolic OH excluding ortho intramolecular Hbond substituents is 1. The molecule has 1 aliphatic carbocycles. The van der Waals surface area contributed by atoms with Crippen LogP contribution in [0.5, 0.6) is 5.75 Å². The molecule has 2 unspecified atom stereocenters. The molecule has 28 heavy (non-hydrogen) atoms. The summed E-state index contributed by atoms with van der Waals surface area (Å²) in [6.07, 6.45) is 7.43. The summed E-state index contributed by atoms with van der Waals surface area (Å²) in [5.74, 6) is 1.97.